The number of anilines is 1. The van der Waals surface area contributed by atoms with Gasteiger partial charge in [0.15, 0.2) is 0 Å². The highest BCUT2D eigenvalue weighted by Gasteiger charge is 2.37. The highest BCUT2D eigenvalue weighted by Crippen LogP contribution is 2.35. The van der Waals surface area contributed by atoms with E-state index >= 15 is 0 Å². The third-order valence-electron chi connectivity index (χ3n) is 5.82. The highest BCUT2D eigenvalue weighted by atomic mass is 32.2. The van der Waals surface area contributed by atoms with E-state index in [0.29, 0.717) is 18.7 Å². The monoisotopic (exact) mass is 477 g/mol. The average Bonchev–Trinajstić information content (AvgIpc) is 3.29. The Bertz CT molecular complexity index is 1370. The molecule has 0 bridgehead atoms. The van der Waals surface area contributed by atoms with Crippen molar-refractivity contribution < 1.29 is 13.2 Å². The van der Waals surface area contributed by atoms with Gasteiger partial charge >= 0.3 is 0 Å². The number of aromatic nitrogens is 1. The summed E-state index contributed by atoms with van der Waals surface area (Å²) in [4.78, 5) is 18.3. The molecule has 2 heterocycles. The number of nitrogens with zero attached hydrogens (tertiary/aromatic N) is 2. The van der Waals surface area contributed by atoms with E-state index in [1.165, 1.54) is 4.31 Å². The highest BCUT2D eigenvalue weighted by molar-refractivity contribution is 7.89. The fraction of sp³-hybridized carbons (Fsp3) is 0.200. The number of sulfonamides is 1. The Morgan fingerprint density at radius 1 is 0.939 bits per heavy atom. The number of carbonyl (C=O) groups excluding carboxylic acids is 1. The van der Waals surface area contributed by atoms with Crippen LogP contribution in [-0.2, 0) is 14.8 Å². The Balaban J connectivity index is 1.44. The normalized spacial score (nSPS) is 17.2. The van der Waals surface area contributed by atoms with Crippen molar-refractivity contribution >= 4 is 43.2 Å². The minimum atomic E-state index is -3.77. The summed E-state index contributed by atoms with van der Waals surface area (Å²) in [6.07, 6.45) is 2.03. The third-order valence-corrected chi connectivity index (χ3v) is 8.81. The van der Waals surface area contributed by atoms with Crippen molar-refractivity contribution in [3.8, 4) is 10.6 Å². The van der Waals surface area contributed by atoms with E-state index in [1.54, 1.807) is 41.7 Å². The predicted octanol–water partition coefficient (Wildman–Crippen LogP) is 5.15. The summed E-state index contributed by atoms with van der Waals surface area (Å²) in [7, 11) is -3.77. The number of hydrogen-bond acceptors (Lipinski definition) is 5. The molecule has 0 spiro atoms. The molecule has 1 N–H and O–H groups in total. The lowest BCUT2D eigenvalue weighted by molar-refractivity contribution is -0.120. The molecular formula is C25H23N3O3S2. The first-order valence-electron chi connectivity index (χ1n) is 10.9. The molecule has 1 atom stereocenters. The van der Waals surface area contributed by atoms with E-state index in [4.69, 9.17) is 4.98 Å². The fourth-order valence-electron chi connectivity index (χ4n) is 4.16. The number of carbonyl (C=O) groups is 1. The largest absolute Gasteiger partial charge is 0.324 e. The van der Waals surface area contributed by atoms with E-state index in [1.807, 2.05) is 48.5 Å². The summed E-state index contributed by atoms with van der Waals surface area (Å²) >= 11 is 1.56. The summed E-state index contributed by atoms with van der Waals surface area (Å²) in [5, 5.41) is 3.81. The van der Waals surface area contributed by atoms with Gasteiger partial charge in [0.1, 0.15) is 11.0 Å². The Hall–Kier alpha value is -3.07. The minimum Gasteiger partial charge on any atom is -0.324 e. The van der Waals surface area contributed by atoms with Crippen molar-refractivity contribution in [3.05, 3.63) is 78.9 Å². The molecule has 4 aromatic rings. The van der Waals surface area contributed by atoms with Crippen molar-refractivity contribution in [2.24, 2.45) is 0 Å². The first-order chi connectivity index (χ1) is 16.0. The molecule has 0 saturated carbocycles. The van der Waals surface area contributed by atoms with E-state index < -0.39 is 16.1 Å². The molecule has 0 radical (unpaired) electrons. The minimum absolute atomic E-state index is 0.208. The fourth-order valence-corrected chi connectivity index (χ4v) is 6.85. The van der Waals surface area contributed by atoms with Crippen LogP contribution in [0.1, 0.15) is 19.3 Å². The molecule has 1 fully saturated rings. The zero-order valence-corrected chi connectivity index (χ0v) is 19.5. The van der Waals surface area contributed by atoms with Gasteiger partial charge in [-0.05, 0) is 49.2 Å². The predicted molar refractivity (Wildman–Crippen MR) is 132 cm³/mol. The van der Waals surface area contributed by atoms with Crippen LogP contribution in [0.25, 0.3) is 20.8 Å². The Labute approximate surface area is 197 Å². The lowest BCUT2D eigenvalue weighted by atomic mass is 10.0. The van der Waals surface area contributed by atoms with Crippen LogP contribution in [0.4, 0.5) is 5.69 Å². The SMILES string of the molecule is O=C(Nc1ccccc1-c1nc2ccccc2s1)[C@H]1CCCCN1S(=O)(=O)c1ccccc1. The maximum absolute atomic E-state index is 13.4. The zero-order valence-electron chi connectivity index (χ0n) is 17.8. The zero-order chi connectivity index (χ0) is 22.8. The average molecular weight is 478 g/mol. The Kier molecular flexibility index (Phi) is 5.97. The van der Waals surface area contributed by atoms with Crippen molar-refractivity contribution in [2.75, 3.05) is 11.9 Å². The number of para-hydroxylation sites is 2. The van der Waals surface area contributed by atoms with Gasteiger partial charge in [0.05, 0.1) is 20.8 Å². The number of benzene rings is 3. The van der Waals surface area contributed by atoms with E-state index in [9.17, 15) is 13.2 Å². The number of piperidine rings is 1. The topological polar surface area (TPSA) is 79.4 Å². The maximum Gasteiger partial charge on any atom is 0.243 e. The van der Waals surface area contributed by atoms with Gasteiger partial charge in [-0.2, -0.15) is 4.31 Å². The molecule has 0 aliphatic carbocycles. The molecule has 1 aliphatic rings. The standard InChI is InChI=1S/C25H23N3O3S2/c29-24(22-15-8-9-17-28(22)33(30,31)18-10-2-1-3-11-18)26-20-13-5-4-12-19(20)25-27-21-14-6-7-16-23(21)32-25/h1-7,10-14,16,22H,8-9,15,17H2,(H,26,29)/t22-/m1/s1. The lowest BCUT2D eigenvalue weighted by Gasteiger charge is -2.33. The van der Waals surface area contributed by atoms with Gasteiger partial charge < -0.3 is 5.32 Å². The Morgan fingerprint density at radius 2 is 1.67 bits per heavy atom. The van der Waals surface area contributed by atoms with Crippen LogP contribution in [0.5, 0.6) is 0 Å². The van der Waals surface area contributed by atoms with Gasteiger partial charge in [0.2, 0.25) is 15.9 Å². The van der Waals surface area contributed by atoms with Crippen molar-refractivity contribution in [1.82, 2.24) is 9.29 Å². The number of amides is 1. The first-order valence-corrected chi connectivity index (χ1v) is 13.1. The molecule has 5 rings (SSSR count). The van der Waals surface area contributed by atoms with E-state index in [-0.39, 0.29) is 10.8 Å². The summed E-state index contributed by atoms with van der Waals surface area (Å²) < 4.78 is 29.0. The van der Waals surface area contributed by atoms with Crippen LogP contribution >= 0.6 is 11.3 Å². The summed E-state index contributed by atoms with van der Waals surface area (Å²) in [6, 6.07) is 23.0. The molecule has 3 aromatic carbocycles. The second-order valence-corrected chi connectivity index (χ2v) is 10.9. The Morgan fingerprint density at radius 3 is 2.48 bits per heavy atom. The number of fused-ring (bicyclic) bond motifs is 1. The molecule has 6 nitrogen and oxygen atoms in total. The van der Waals surface area contributed by atoms with Crippen LogP contribution in [0.15, 0.2) is 83.8 Å². The van der Waals surface area contributed by atoms with Gasteiger partial charge in [-0.25, -0.2) is 13.4 Å². The van der Waals surface area contributed by atoms with Crippen LogP contribution in [0.3, 0.4) is 0 Å². The van der Waals surface area contributed by atoms with Crippen molar-refractivity contribution in [1.29, 1.82) is 0 Å². The maximum atomic E-state index is 13.4. The second-order valence-electron chi connectivity index (χ2n) is 7.96. The summed E-state index contributed by atoms with van der Waals surface area (Å²) in [5.41, 5.74) is 2.36. The second kappa shape index (κ2) is 9.05. The summed E-state index contributed by atoms with van der Waals surface area (Å²) in [5.74, 6) is -0.317. The van der Waals surface area contributed by atoms with Gasteiger partial charge in [-0.15, -0.1) is 11.3 Å². The lowest BCUT2D eigenvalue weighted by Crippen LogP contribution is -2.49. The molecule has 0 unspecified atom stereocenters. The van der Waals surface area contributed by atoms with E-state index in [2.05, 4.69) is 5.32 Å². The van der Waals surface area contributed by atoms with Gasteiger partial charge in [-0.3, -0.25) is 4.79 Å². The first kappa shape index (κ1) is 21.8. The molecule has 168 valence electrons. The number of nitrogens with one attached hydrogen (secondary N) is 1. The van der Waals surface area contributed by atoms with Crippen molar-refractivity contribution in [3.63, 3.8) is 0 Å². The van der Waals surface area contributed by atoms with E-state index in [0.717, 1.165) is 33.6 Å². The van der Waals surface area contributed by atoms with Gasteiger partial charge in [0, 0.05) is 12.1 Å². The molecule has 33 heavy (non-hydrogen) atoms. The molecular weight excluding hydrogens is 454 g/mol. The molecule has 1 aromatic heterocycles. The molecule has 8 heteroatoms. The number of rotatable bonds is 5. The smallest absolute Gasteiger partial charge is 0.243 e. The number of hydrogen-bond donors (Lipinski definition) is 1. The van der Waals surface area contributed by atoms with Crippen LogP contribution in [0.2, 0.25) is 0 Å². The quantitative estimate of drug-likeness (QED) is 0.431. The van der Waals surface area contributed by atoms with Gasteiger partial charge in [0.25, 0.3) is 0 Å². The van der Waals surface area contributed by atoms with Crippen LogP contribution in [0, 0.1) is 0 Å². The third kappa shape index (κ3) is 4.29. The molecule has 1 aliphatic heterocycles. The van der Waals surface area contributed by atoms with Crippen LogP contribution < -0.4 is 5.32 Å². The summed E-state index contributed by atoms with van der Waals surface area (Å²) in [6.45, 7) is 0.328. The van der Waals surface area contributed by atoms with Crippen LogP contribution in [-0.4, -0.2) is 36.2 Å². The molecule has 1 saturated heterocycles. The van der Waals surface area contributed by atoms with Gasteiger partial charge in [-0.1, -0.05) is 48.9 Å². The molecule has 1 amide bonds. The number of thiazole rings is 1. The van der Waals surface area contributed by atoms with Crippen molar-refractivity contribution in [2.45, 2.75) is 30.2 Å².